The highest BCUT2D eigenvalue weighted by Crippen LogP contribution is 2.38. The highest BCUT2D eigenvalue weighted by atomic mass is 35.5. The second-order valence-electron chi connectivity index (χ2n) is 7.88. The number of hydrogen-bond acceptors (Lipinski definition) is 4. The molecule has 5 nitrogen and oxygen atoms in total. The molecule has 1 aliphatic carbocycles. The predicted molar refractivity (Wildman–Crippen MR) is 114 cm³/mol. The van der Waals surface area contributed by atoms with Crippen LogP contribution in [0.1, 0.15) is 29.0 Å². The molecule has 0 spiro atoms. The second kappa shape index (κ2) is 8.09. The van der Waals surface area contributed by atoms with Gasteiger partial charge in [0.1, 0.15) is 17.9 Å². The van der Waals surface area contributed by atoms with Gasteiger partial charge in [0, 0.05) is 30.1 Å². The fourth-order valence-electron chi connectivity index (χ4n) is 4.70. The number of halogens is 1. The lowest BCUT2D eigenvalue weighted by Crippen LogP contribution is -2.33. The topological polar surface area (TPSA) is 68.7 Å². The molecule has 3 atom stereocenters. The molecule has 1 aromatic heterocycles. The van der Waals surface area contributed by atoms with Crippen LogP contribution in [0.25, 0.3) is 11.0 Å². The number of carbonyl (C=O) groups excluding carboxylic acids is 1. The minimum absolute atomic E-state index is 0. The SMILES string of the molecule is Cl.NC1CCC2CN(C(=O)c3oc4ccccc4c3COc3ccccc3)CC12. The zero-order valence-corrected chi connectivity index (χ0v) is 16.9. The zero-order valence-electron chi connectivity index (χ0n) is 16.1. The van der Waals surface area contributed by atoms with Crippen LogP contribution in [0, 0.1) is 11.8 Å². The lowest BCUT2D eigenvalue weighted by atomic mass is 9.98. The average Bonchev–Trinajstić information content (AvgIpc) is 3.41. The van der Waals surface area contributed by atoms with Gasteiger partial charge in [-0.3, -0.25) is 4.79 Å². The molecule has 3 aromatic rings. The van der Waals surface area contributed by atoms with Gasteiger partial charge in [0.05, 0.1) is 0 Å². The van der Waals surface area contributed by atoms with E-state index < -0.39 is 0 Å². The maximum atomic E-state index is 13.3. The van der Waals surface area contributed by atoms with Crippen molar-refractivity contribution >= 4 is 29.3 Å². The molecular formula is C23H25ClN2O3. The van der Waals surface area contributed by atoms with Crippen LogP contribution in [0.2, 0.25) is 0 Å². The first-order valence-corrected chi connectivity index (χ1v) is 9.94. The molecule has 152 valence electrons. The summed E-state index contributed by atoms with van der Waals surface area (Å²) in [5.74, 6) is 2.05. The average molecular weight is 413 g/mol. The molecule has 6 heteroatoms. The lowest BCUT2D eigenvalue weighted by Gasteiger charge is -2.18. The highest BCUT2D eigenvalue weighted by Gasteiger charge is 2.43. The molecule has 2 fully saturated rings. The fourth-order valence-corrected chi connectivity index (χ4v) is 4.70. The van der Waals surface area contributed by atoms with Gasteiger partial charge in [-0.25, -0.2) is 0 Å². The number of nitrogens with two attached hydrogens (primary N) is 1. The molecule has 2 heterocycles. The Kier molecular flexibility index (Phi) is 5.52. The van der Waals surface area contributed by atoms with E-state index in [-0.39, 0.29) is 24.4 Å². The molecule has 5 rings (SSSR count). The van der Waals surface area contributed by atoms with Crippen molar-refractivity contribution in [3.05, 3.63) is 65.9 Å². The van der Waals surface area contributed by atoms with E-state index in [0.717, 1.165) is 42.6 Å². The minimum Gasteiger partial charge on any atom is -0.489 e. The Morgan fingerprint density at radius 2 is 1.83 bits per heavy atom. The number of rotatable bonds is 4. The zero-order chi connectivity index (χ0) is 19.1. The van der Waals surface area contributed by atoms with Crippen LogP contribution < -0.4 is 10.5 Å². The summed E-state index contributed by atoms with van der Waals surface area (Å²) in [5.41, 5.74) is 7.77. The van der Waals surface area contributed by atoms with Crippen LogP contribution in [-0.4, -0.2) is 29.9 Å². The van der Waals surface area contributed by atoms with E-state index in [2.05, 4.69) is 0 Å². The van der Waals surface area contributed by atoms with Gasteiger partial charge in [0.15, 0.2) is 5.76 Å². The van der Waals surface area contributed by atoms with Gasteiger partial charge in [-0.2, -0.15) is 0 Å². The molecule has 29 heavy (non-hydrogen) atoms. The van der Waals surface area contributed by atoms with E-state index in [9.17, 15) is 4.79 Å². The van der Waals surface area contributed by atoms with Gasteiger partial charge in [0.2, 0.25) is 0 Å². The van der Waals surface area contributed by atoms with E-state index in [1.54, 1.807) is 0 Å². The molecule has 3 unspecified atom stereocenters. The molecule has 1 saturated heterocycles. The third-order valence-electron chi connectivity index (χ3n) is 6.22. The van der Waals surface area contributed by atoms with Crippen LogP contribution in [-0.2, 0) is 6.61 Å². The normalized spacial score (nSPS) is 23.1. The Balaban J connectivity index is 0.00000205. The maximum Gasteiger partial charge on any atom is 0.290 e. The third kappa shape index (κ3) is 3.61. The Labute approximate surface area is 176 Å². The summed E-state index contributed by atoms with van der Waals surface area (Å²) >= 11 is 0. The fraction of sp³-hybridized carbons (Fsp3) is 0.348. The van der Waals surface area contributed by atoms with Crippen LogP contribution in [0.3, 0.4) is 0 Å². The molecule has 0 radical (unpaired) electrons. The first-order chi connectivity index (χ1) is 13.7. The number of para-hydroxylation sites is 2. The van der Waals surface area contributed by atoms with Gasteiger partial charge in [-0.1, -0.05) is 36.4 Å². The first kappa shape index (κ1) is 19.8. The van der Waals surface area contributed by atoms with Crippen LogP contribution in [0.4, 0.5) is 0 Å². The first-order valence-electron chi connectivity index (χ1n) is 9.94. The van der Waals surface area contributed by atoms with Gasteiger partial charge >= 0.3 is 0 Å². The van der Waals surface area contributed by atoms with E-state index in [4.69, 9.17) is 14.9 Å². The summed E-state index contributed by atoms with van der Waals surface area (Å²) in [5, 5.41) is 0.929. The summed E-state index contributed by atoms with van der Waals surface area (Å²) in [4.78, 5) is 15.2. The van der Waals surface area contributed by atoms with Crippen molar-refractivity contribution in [3.63, 3.8) is 0 Å². The smallest absolute Gasteiger partial charge is 0.290 e. The Hall–Kier alpha value is -2.50. The molecular weight excluding hydrogens is 388 g/mol. The molecule has 2 aromatic carbocycles. The van der Waals surface area contributed by atoms with Gasteiger partial charge in [-0.15, -0.1) is 12.4 Å². The van der Waals surface area contributed by atoms with Gasteiger partial charge < -0.3 is 19.8 Å². The van der Waals surface area contributed by atoms with Gasteiger partial charge in [-0.05, 0) is 42.9 Å². The summed E-state index contributed by atoms with van der Waals surface area (Å²) < 4.78 is 12.0. The lowest BCUT2D eigenvalue weighted by molar-refractivity contribution is 0.0746. The number of benzene rings is 2. The largest absolute Gasteiger partial charge is 0.489 e. The third-order valence-corrected chi connectivity index (χ3v) is 6.22. The van der Waals surface area contributed by atoms with Crippen molar-refractivity contribution in [2.24, 2.45) is 17.6 Å². The standard InChI is InChI=1S/C23H24N2O3.ClH/c24-20-11-10-15-12-25(13-18(15)20)23(26)22-19(14-27-16-6-2-1-3-7-16)17-8-4-5-9-21(17)28-22;/h1-9,15,18,20H,10-14,24H2;1H. The summed E-state index contributed by atoms with van der Waals surface area (Å²) in [6.07, 6.45) is 2.18. The predicted octanol–water partition coefficient (Wildman–Crippen LogP) is 4.24. The number of ether oxygens (including phenoxy) is 1. The number of carbonyl (C=O) groups is 1. The van der Waals surface area contributed by atoms with E-state index in [1.165, 1.54) is 0 Å². The van der Waals surface area contributed by atoms with Crippen molar-refractivity contribution in [3.8, 4) is 5.75 Å². The summed E-state index contributed by atoms with van der Waals surface area (Å²) in [6, 6.07) is 17.6. The summed E-state index contributed by atoms with van der Waals surface area (Å²) in [7, 11) is 0. The molecule has 2 aliphatic rings. The van der Waals surface area contributed by atoms with Crippen LogP contribution >= 0.6 is 12.4 Å². The van der Waals surface area contributed by atoms with Crippen molar-refractivity contribution < 1.29 is 13.9 Å². The van der Waals surface area contributed by atoms with Crippen LogP contribution in [0.15, 0.2) is 59.0 Å². The number of fused-ring (bicyclic) bond motifs is 2. The second-order valence-corrected chi connectivity index (χ2v) is 7.88. The molecule has 2 N–H and O–H groups in total. The van der Waals surface area contributed by atoms with E-state index in [1.807, 2.05) is 59.5 Å². The molecule has 1 saturated carbocycles. The monoisotopic (exact) mass is 412 g/mol. The summed E-state index contributed by atoms with van der Waals surface area (Å²) in [6.45, 7) is 1.79. The Morgan fingerprint density at radius 3 is 2.62 bits per heavy atom. The Morgan fingerprint density at radius 1 is 1.07 bits per heavy atom. The number of nitrogens with zero attached hydrogens (tertiary/aromatic N) is 1. The van der Waals surface area contributed by atoms with Crippen molar-refractivity contribution in [1.82, 2.24) is 4.90 Å². The maximum absolute atomic E-state index is 13.3. The molecule has 0 bridgehead atoms. The number of hydrogen-bond donors (Lipinski definition) is 1. The van der Waals surface area contributed by atoms with Crippen LogP contribution in [0.5, 0.6) is 5.75 Å². The van der Waals surface area contributed by atoms with E-state index in [0.29, 0.717) is 29.8 Å². The van der Waals surface area contributed by atoms with Gasteiger partial charge in [0.25, 0.3) is 5.91 Å². The van der Waals surface area contributed by atoms with Crippen molar-refractivity contribution in [2.45, 2.75) is 25.5 Å². The molecule has 1 amide bonds. The minimum atomic E-state index is -0.0514. The highest BCUT2D eigenvalue weighted by molar-refractivity contribution is 5.99. The van der Waals surface area contributed by atoms with Crippen molar-refractivity contribution in [2.75, 3.05) is 13.1 Å². The molecule has 1 aliphatic heterocycles. The number of amides is 1. The number of likely N-dealkylation sites (tertiary alicyclic amines) is 1. The quantitative estimate of drug-likeness (QED) is 0.695. The Bertz CT molecular complexity index is 1000. The van der Waals surface area contributed by atoms with E-state index >= 15 is 0 Å². The van der Waals surface area contributed by atoms with Crippen molar-refractivity contribution in [1.29, 1.82) is 0 Å². The number of furan rings is 1.